The molecule has 0 radical (unpaired) electrons. The van der Waals surface area contributed by atoms with Crippen molar-refractivity contribution in [1.82, 2.24) is 20.1 Å². The molecule has 1 amide bonds. The van der Waals surface area contributed by atoms with Gasteiger partial charge in [0.05, 0.1) is 19.7 Å². The summed E-state index contributed by atoms with van der Waals surface area (Å²) in [4.78, 5) is 25.0. The quantitative estimate of drug-likeness (QED) is 0.501. The van der Waals surface area contributed by atoms with Crippen LogP contribution >= 0.6 is 0 Å². The van der Waals surface area contributed by atoms with E-state index in [9.17, 15) is 4.79 Å². The molecule has 1 aromatic rings. The number of nitrogens with one attached hydrogen (secondary N) is 1. The Labute approximate surface area is 162 Å². The summed E-state index contributed by atoms with van der Waals surface area (Å²) in [6.45, 7) is 9.76. The Bertz CT molecular complexity index is 609. The maximum absolute atomic E-state index is 12.3. The Hall–Kier alpha value is -2.31. The number of carbonyl (C=O) groups excluding carboxylic acids is 1. The molecule has 0 aromatic carbocycles. The maximum Gasteiger partial charge on any atom is 0.242 e. The molecule has 0 bridgehead atoms. The lowest BCUT2D eigenvalue weighted by Crippen LogP contribution is -2.45. The molecule has 0 spiro atoms. The molecule has 0 unspecified atom stereocenters. The predicted molar refractivity (Wildman–Crippen MR) is 108 cm³/mol. The highest BCUT2D eigenvalue weighted by atomic mass is 16.5. The van der Waals surface area contributed by atoms with E-state index in [4.69, 9.17) is 4.74 Å². The van der Waals surface area contributed by atoms with Gasteiger partial charge < -0.3 is 19.9 Å². The molecule has 1 N–H and O–H groups in total. The summed E-state index contributed by atoms with van der Waals surface area (Å²) in [5, 5.41) is 3.24. The molecule has 7 heteroatoms. The number of pyridine rings is 1. The van der Waals surface area contributed by atoms with E-state index in [0.29, 0.717) is 30.8 Å². The van der Waals surface area contributed by atoms with Crippen molar-refractivity contribution in [2.45, 2.75) is 40.2 Å². The van der Waals surface area contributed by atoms with Gasteiger partial charge in [0.15, 0.2) is 5.96 Å². The number of hydrogen-bond acceptors (Lipinski definition) is 4. The summed E-state index contributed by atoms with van der Waals surface area (Å²) in [5.74, 6) is 2.20. The Morgan fingerprint density at radius 2 is 2.04 bits per heavy atom. The van der Waals surface area contributed by atoms with Crippen molar-refractivity contribution >= 4 is 11.9 Å². The number of ether oxygens (including phenoxy) is 1. The van der Waals surface area contributed by atoms with Crippen molar-refractivity contribution in [3.63, 3.8) is 0 Å². The van der Waals surface area contributed by atoms with Gasteiger partial charge in [0, 0.05) is 38.9 Å². The summed E-state index contributed by atoms with van der Waals surface area (Å²) in [6, 6.07) is 3.89. The van der Waals surface area contributed by atoms with Crippen molar-refractivity contribution < 1.29 is 9.53 Å². The van der Waals surface area contributed by atoms with Gasteiger partial charge in [-0.1, -0.05) is 6.07 Å². The number of carbonyl (C=O) groups is 1. The zero-order chi connectivity index (χ0) is 19.6. The summed E-state index contributed by atoms with van der Waals surface area (Å²) >= 11 is 0. The number of rotatable bonds is 10. The number of hydrogen-bond donors (Lipinski definition) is 1. The molecule has 1 aromatic heterocycles. The fourth-order valence-electron chi connectivity index (χ4n) is 2.67. The first-order valence-corrected chi connectivity index (χ1v) is 9.92. The molecule has 1 fully saturated rings. The number of aromatic nitrogens is 1. The van der Waals surface area contributed by atoms with E-state index in [1.54, 1.807) is 6.20 Å². The van der Waals surface area contributed by atoms with E-state index >= 15 is 0 Å². The van der Waals surface area contributed by atoms with Crippen LogP contribution in [-0.2, 0) is 11.3 Å². The number of aliphatic imine (C=N–C) groups is 1. The standard InChI is InChI=1S/C20H33N5O2/c1-5-21-20(24(4)14-19(26)25(6-2)7-3)23-13-17-10-11-18(22-12-17)27-15-16-8-9-16/h10-12,16H,5-9,13-15H2,1-4H3,(H,21,23). The van der Waals surface area contributed by atoms with Gasteiger partial charge in [0.25, 0.3) is 0 Å². The lowest BCUT2D eigenvalue weighted by atomic mass is 10.3. The van der Waals surface area contributed by atoms with Crippen LogP contribution in [0.25, 0.3) is 0 Å². The van der Waals surface area contributed by atoms with Crippen LogP contribution in [0.1, 0.15) is 39.2 Å². The first-order chi connectivity index (χ1) is 13.1. The molecule has 7 nitrogen and oxygen atoms in total. The monoisotopic (exact) mass is 375 g/mol. The number of likely N-dealkylation sites (N-methyl/N-ethyl adjacent to an activating group) is 2. The van der Waals surface area contributed by atoms with Gasteiger partial charge in [-0.2, -0.15) is 0 Å². The second-order valence-electron chi connectivity index (χ2n) is 6.85. The molecule has 0 atom stereocenters. The van der Waals surface area contributed by atoms with Crippen molar-refractivity contribution in [2.24, 2.45) is 10.9 Å². The van der Waals surface area contributed by atoms with E-state index in [1.165, 1.54) is 12.8 Å². The van der Waals surface area contributed by atoms with Gasteiger partial charge in [-0.3, -0.25) is 4.79 Å². The second kappa shape index (κ2) is 10.7. The molecule has 1 aliphatic carbocycles. The lowest BCUT2D eigenvalue weighted by molar-refractivity contribution is -0.131. The van der Waals surface area contributed by atoms with Crippen molar-refractivity contribution in [3.8, 4) is 5.88 Å². The molecular weight excluding hydrogens is 342 g/mol. The van der Waals surface area contributed by atoms with E-state index in [0.717, 1.165) is 31.8 Å². The first-order valence-electron chi connectivity index (χ1n) is 9.92. The molecule has 150 valence electrons. The Morgan fingerprint density at radius 3 is 2.59 bits per heavy atom. The number of amides is 1. The number of nitrogens with zero attached hydrogens (tertiary/aromatic N) is 4. The molecule has 0 aliphatic heterocycles. The molecule has 1 aliphatic rings. The van der Waals surface area contributed by atoms with Gasteiger partial charge in [-0.15, -0.1) is 0 Å². The van der Waals surface area contributed by atoms with Crippen LogP contribution < -0.4 is 10.1 Å². The number of guanidine groups is 1. The third-order valence-corrected chi connectivity index (χ3v) is 4.56. The van der Waals surface area contributed by atoms with Gasteiger partial charge in [-0.05, 0) is 45.1 Å². The summed E-state index contributed by atoms with van der Waals surface area (Å²) < 4.78 is 5.67. The Balaban J connectivity index is 1.91. The van der Waals surface area contributed by atoms with Gasteiger partial charge in [0.1, 0.15) is 0 Å². The molecule has 1 heterocycles. The minimum absolute atomic E-state index is 0.104. The van der Waals surface area contributed by atoms with Crippen molar-refractivity contribution in [3.05, 3.63) is 23.9 Å². The topological polar surface area (TPSA) is 70.1 Å². The van der Waals surface area contributed by atoms with Crippen molar-refractivity contribution in [2.75, 3.05) is 39.8 Å². The van der Waals surface area contributed by atoms with Crippen LogP contribution in [0, 0.1) is 5.92 Å². The summed E-state index contributed by atoms with van der Waals surface area (Å²) in [6.07, 6.45) is 4.34. The summed E-state index contributed by atoms with van der Waals surface area (Å²) in [7, 11) is 1.88. The van der Waals surface area contributed by atoms with Crippen LogP contribution in [0.4, 0.5) is 0 Å². The van der Waals surface area contributed by atoms with E-state index < -0.39 is 0 Å². The van der Waals surface area contributed by atoms with Gasteiger partial charge in [-0.25, -0.2) is 9.98 Å². The average molecular weight is 376 g/mol. The molecular formula is C20H33N5O2. The van der Waals surface area contributed by atoms with Crippen LogP contribution in [-0.4, -0.2) is 66.5 Å². The molecule has 27 heavy (non-hydrogen) atoms. The Kier molecular flexibility index (Phi) is 8.36. The van der Waals surface area contributed by atoms with E-state index in [1.807, 2.05) is 49.8 Å². The van der Waals surface area contributed by atoms with Crippen LogP contribution in [0.3, 0.4) is 0 Å². The minimum Gasteiger partial charge on any atom is -0.477 e. The zero-order valence-electron chi connectivity index (χ0n) is 17.1. The van der Waals surface area contributed by atoms with E-state index in [2.05, 4.69) is 15.3 Å². The normalized spacial score (nSPS) is 14.0. The van der Waals surface area contributed by atoms with Gasteiger partial charge in [0.2, 0.25) is 11.8 Å². The van der Waals surface area contributed by atoms with Crippen molar-refractivity contribution in [1.29, 1.82) is 0 Å². The smallest absolute Gasteiger partial charge is 0.242 e. The highest BCUT2D eigenvalue weighted by Crippen LogP contribution is 2.29. The predicted octanol–water partition coefficient (Wildman–Crippen LogP) is 2.14. The fraction of sp³-hybridized carbons (Fsp3) is 0.650. The first kappa shape index (κ1) is 21.0. The lowest BCUT2D eigenvalue weighted by Gasteiger charge is -2.25. The Morgan fingerprint density at radius 1 is 1.30 bits per heavy atom. The minimum atomic E-state index is 0.104. The molecule has 0 saturated heterocycles. The third-order valence-electron chi connectivity index (χ3n) is 4.56. The molecule has 2 rings (SSSR count). The van der Waals surface area contributed by atoms with Crippen LogP contribution in [0.15, 0.2) is 23.3 Å². The second-order valence-corrected chi connectivity index (χ2v) is 6.85. The van der Waals surface area contributed by atoms with Crippen LogP contribution in [0.5, 0.6) is 5.88 Å². The highest BCUT2D eigenvalue weighted by molar-refractivity contribution is 5.86. The molecule has 1 saturated carbocycles. The highest BCUT2D eigenvalue weighted by Gasteiger charge is 2.22. The van der Waals surface area contributed by atoms with Crippen LogP contribution in [0.2, 0.25) is 0 Å². The summed E-state index contributed by atoms with van der Waals surface area (Å²) in [5.41, 5.74) is 1.01. The third kappa shape index (κ3) is 7.07. The largest absolute Gasteiger partial charge is 0.477 e. The average Bonchev–Trinajstić information content (AvgIpc) is 3.49. The zero-order valence-corrected chi connectivity index (χ0v) is 17.1. The van der Waals surface area contributed by atoms with Gasteiger partial charge >= 0.3 is 0 Å². The maximum atomic E-state index is 12.3. The SMILES string of the molecule is CCNC(=NCc1ccc(OCC2CC2)nc1)N(C)CC(=O)N(CC)CC. The van der Waals surface area contributed by atoms with E-state index in [-0.39, 0.29) is 5.91 Å². The fourth-order valence-corrected chi connectivity index (χ4v) is 2.67.